The van der Waals surface area contributed by atoms with Crippen LogP contribution in [0.5, 0.6) is 5.75 Å². The van der Waals surface area contributed by atoms with Gasteiger partial charge in [0.05, 0.1) is 24.9 Å². The number of methoxy groups -OCH3 is 1. The minimum Gasteiger partial charge on any atom is -0.494 e. The zero-order valence-corrected chi connectivity index (χ0v) is 14.1. The Morgan fingerprint density at radius 1 is 1.38 bits per heavy atom. The van der Waals surface area contributed by atoms with E-state index in [-0.39, 0.29) is 11.9 Å². The summed E-state index contributed by atoms with van der Waals surface area (Å²) in [4.78, 5) is 14.8. The summed E-state index contributed by atoms with van der Waals surface area (Å²) in [5.41, 5.74) is 1.70. The van der Waals surface area contributed by atoms with Crippen LogP contribution in [0.15, 0.2) is 36.5 Å². The highest BCUT2D eigenvalue weighted by Crippen LogP contribution is 2.25. The molecule has 6 nitrogen and oxygen atoms in total. The van der Waals surface area contributed by atoms with E-state index in [1.165, 1.54) is 0 Å². The summed E-state index contributed by atoms with van der Waals surface area (Å²) in [5, 5.41) is 4.40. The molecule has 24 heavy (non-hydrogen) atoms. The highest BCUT2D eigenvalue weighted by molar-refractivity contribution is 5.94. The van der Waals surface area contributed by atoms with Gasteiger partial charge in [-0.05, 0) is 37.6 Å². The monoisotopic (exact) mass is 329 g/mol. The number of hydrogen-bond donors (Lipinski definition) is 0. The number of fused-ring (bicyclic) bond motifs is 1. The zero-order valence-electron chi connectivity index (χ0n) is 14.1. The molecule has 1 aliphatic heterocycles. The van der Waals surface area contributed by atoms with Crippen LogP contribution in [0, 0.1) is 0 Å². The van der Waals surface area contributed by atoms with Crippen molar-refractivity contribution in [2.75, 3.05) is 26.9 Å². The first-order valence-corrected chi connectivity index (χ1v) is 8.26. The van der Waals surface area contributed by atoms with Crippen molar-refractivity contribution in [3.63, 3.8) is 0 Å². The van der Waals surface area contributed by atoms with Gasteiger partial charge in [-0.25, -0.2) is 0 Å². The zero-order chi connectivity index (χ0) is 16.9. The van der Waals surface area contributed by atoms with E-state index >= 15 is 0 Å². The average molecular weight is 329 g/mol. The summed E-state index contributed by atoms with van der Waals surface area (Å²) in [6.07, 6.45) is 2.62. The number of benzene rings is 1. The molecule has 0 saturated heterocycles. The summed E-state index contributed by atoms with van der Waals surface area (Å²) in [7, 11) is 1.69. The van der Waals surface area contributed by atoms with E-state index in [0.29, 0.717) is 31.9 Å². The van der Waals surface area contributed by atoms with Gasteiger partial charge >= 0.3 is 0 Å². The molecule has 2 aromatic rings. The van der Waals surface area contributed by atoms with E-state index in [9.17, 15) is 4.79 Å². The van der Waals surface area contributed by atoms with Gasteiger partial charge in [0.2, 0.25) is 0 Å². The molecule has 6 heteroatoms. The molecule has 0 bridgehead atoms. The maximum Gasteiger partial charge on any atom is 0.254 e. The minimum absolute atomic E-state index is 0.0198. The highest BCUT2D eigenvalue weighted by atomic mass is 16.5. The van der Waals surface area contributed by atoms with Crippen molar-refractivity contribution in [3.8, 4) is 5.75 Å². The lowest BCUT2D eigenvalue weighted by Crippen LogP contribution is -2.41. The Labute approximate surface area is 142 Å². The molecule has 128 valence electrons. The molecular weight excluding hydrogens is 306 g/mol. The van der Waals surface area contributed by atoms with Gasteiger partial charge in [0.15, 0.2) is 0 Å². The fourth-order valence-corrected chi connectivity index (χ4v) is 3.08. The molecule has 2 heterocycles. The van der Waals surface area contributed by atoms with Crippen molar-refractivity contribution >= 4 is 5.91 Å². The Morgan fingerprint density at radius 2 is 2.25 bits per heavy atom. The first-order chi connectivity index (χ1) is 11.7. The molecule has 0 radical (unpaired) electrons. The quantitative estimate of drug-likeness (QED) is 0.817. The van der Waals surface area contributed by atoms with Crippen LogP contribution in [-0.2, 0) is 11.3 Å². The molecule has 0 unspecified atom stereocenters. The maximum atomic E-state index is 12.9. The normalized spacial score (nSPS) is 16.8. The Hall–Kier alpha value is -2.34. The molecule has 0 saturated carbocycles. The van der Waals surface area contributed by atoms with Crippen LogP contribution in [0.25, 0.3) is 0 Å². The van der Waals surface area contributed by atoms with Crippen LogP contribution in [0.4, 0.5) is 0 Å². The van der Waals surface area contributed by atoms with E-state index in [0.717, 1.165) is 17.9 Å². The van der Waals surface area contributed by atoms with Crippen molar-refractivity contribution in [1.29, 1.82) is 0 Å². The third-order valence-corrected chi connectivity index (χ3v) is 4.22. The fourth-order valence-electron chi connectivity index (χ4n) is 3.08. The molecular formula is C18H23N3O3. The predicted octanol–water partition coefficient (Wildman–Crippen LogP) is 2.52. The van der Waals surface area contributed by atoms with Gasteiger partial charge in [0.1, 0.15) is 5.75 Å². The number of nitrogens with zero attached hydrogens (tertiary/aromatic N) is 3. The molecule has 0 aliphatic carbocycles. The lowest BCUT2D eigenvalue weighted by atomic mass is 10.1. The Balaban J connectivity index is 1.79. The van der Waals surface area contributed by atoms with Crippen LogP contribution in [0.2, 0.25) is 0 Å². The van der Waals surface area contributed by atoms with Crippen LogP contribution in [0.3, 0.4) is 0 Å². The summed E-state index contributed by atoms with van der Waals surface area (Å²) in [6.45, 7) is 4.36. The first-order valence-electron chi connectivity index (χ1n) is 8.26. The van der Waals surface area contributed by atoms with Crippen molar-refractivity contribution in [1.82, 2.24) is 14.7 Å². The largest absolute Gasteiger partial charge is 0.494 e. The smallest absolute Gasteiger partial charge is 0.254 e. The third kappa shape index (κ3) is 3.43. The number of carbonyl (C=O) groups is 1. The van der Waals surface area contributed by atoms with Crippen LogP contribution < -0.4 is 4.74 Å². The lowest BCUT2D eigenvalue weighted by molar-refractivity contribution is 0.0641. The summed E-state index contributed by atoms with van der Waals surface area (Å²) < 4.78 is 12.7. The molecule has 1 atom stereocenters. The number of aromatic nitrogens is 2. The number of carbonyl (C=O) groups excluding carboxylic acids is 1. The van der Waals surface area contributed by atoms with Crippen LogP contribution >= 0.6 is 0 Å². The molecule has 1 aliphatic rings. The van der Waals surface area contributed by atoms with Crippen molar-refractivity contribution < 1.29 is 14.3 Å². The Kier molecular flexibility index (Phi) is 5.15. The second kappa shape index (κ2) is 7.49. The van der Waals surface area contributed by atoms with Gasteiger partial charge < -0.3 is 14.4 Å². The summed E-state index contributed by atoms with van der Waals surface area (Å²) in [6, 6.07) is 9.48. The Morgan fingerprint density at radius 3 is 3.04 bits per heavy atom. The van der Waals surface area contributed by atoms with Crippen molar-refractivity contribution in [2.45, 2.75) is 25.9 Å². The van der Waals surface area contributed by atoms with Gasteiger partial charge in [-0.3, -0.25) is 9.48 Å². The summed E-state index contributed by atoms with van der Waals surface area (Å²) in [5.74, 6) is 0.743. The van der Waals surface area contributed by atoms with Gasteiger partial charge in [-0.2, -0.15) is 5.10 Å². The van der Waals surface area contributed by atoms with Crippen molar-refractivity contribution in [2.24, 2.45) is 0 Å². The third-order valence-electron chi connectivity index (χ3n) is 4.22. The van der Waals surface area contributed by atoms with Crippen molar-refractivity contribution in [3.05, 3.63) is 47.8 Å². The van der Waals surface area contributed by atoms with E-state index in [1.54, 1.807) is 13.3 Å². The molecule has 3 rings (SSSR count). The highest BCUT2D eigenvalue weighted by Gasteiger charge is 2.28. The number of hydrogen-bond acceptors (Lipinski definition) is 4. The topological polar surface area (TPSA) is 56.6 Å². The van der Waals surface area contributed by atoms with E-state index in [2.05, 4.69) is 5.10 Å². The number of ether oxygens (including phenoxy) is 2. The maximum absolute atomic E-state index is 12.9. The molecule has 1 aromatic heterocycles. The second-order valence-electron chi connectivity index (χ2n) is 5.85. The standard InChI is InChI=1S/C18H23N3O3/c1-3-24-17-6-4-5-14(11-17)18(22)20-12-15-7-9-19-21(15)16(13-20)8-10-23-2/h4-7,9,11,16H,3,8,10,12-13H2,1-2H3/t16-/m0/s1. The number of rotatable bonds is 6. The molecule has 0 N–H and O–H groups in total. The van der Waals surface area contributed by atoms with Gasteiger partial charge in [-0.15, -0.1) is 0 Å². The molecule has 1 aromatic carbocycles. The van der Waals surface area contributed by atoms with Crippen LogP contribution in [0.1, 0.15) is 35.4 Å². The first kappa shape index (κ1) is 16.5. The fraction of sp³-hybridized carbons (Fsp3) is 0.444. The van der Waals surface area contributed by atoms with E-state index in [4.69, 9.17) is 9.47 Å². The van der Waals surface area contributed by atoms with E-state index in [1.807, 2.05) is 46.8 Å². The van der Waals surface area contributed by atoms with Gasteiger partial charge in [0, 0.05) is 32.0 Å². The molecule has 1 amide bonds. The average Bonchev–Trinajstić information content (AvgIpc) is 3.08. The predicted molar refractivity (Wildman–Crippen MR) is 90.1 cm³/mol. The summed E-state index contributed by atoms with van der Waals surface area (Å²) >= 11 is 0. The van der Waals surface area contributed by atoms with Crippen LogP contribution in [-0.4, -0.2) is 47.5 Å². The minimum atomic E-state index is 0.0198. The van der Waals surface area contributed by atoms with Gasteiger partial charge in [-0.1, -0.05) is 6.07 Å². The number of amides is 1. The lowest BCUT2D eigenvalue weighted by Gasteiger charge is -2.34. The molecule has 0 fully saturated rings. The second-order valence-corrected chi connectivity index (χ2v) is 5.85. The Bertz CT molecular complexity index is 698. The molecule has 0 spiro atoms. The SMILES string of the molecule is CCOc1cccc(C(=O)N2Cc3ccnn3[C@@H](CCOC)C2)c1. The van der Waals surface area contributed by atoms with Gasteiger partial charge in [0.25, 0.3) is 5.91 Å². The van der Waals surface area contributed by atoms with E-state index < -0.39 is 0 Å².